The molecule has 0 heterocycles. The molecule has 0 aromatic carbocycles. The van der Waals surface area contributed by atoms with Gasteiger partial charge in [0.1, 0.15) is 7.85 Å². The second kappa shape index (κ2) is 5.89. The zero-order chi connectivity index (χ0) is 8.69. The van der Waals surface area contributed by atoms with Crippen molar-refractivity contribution in [2.75, 3.05) is 0 Å². The van der Waals surface area contributed by atoms with Crippen LogP contribution in [-0.2, 0) is 0 Å². The van der Waals surface area contributed by atoms with Crippen LogP contribution in [0.25, 0.3) is 0 Å². The van der Waals surface area contributed by atoms with Gasteiger partial charge in [0.05, 0.1) is 0 Å². The summed E-state index contributed by atoms with van der Waals surface area (Å²) in [6.45, 7) is 3.26. The van der Waals surface area contributed by atoms with Gasteiger partial charge in [-0.3, -0.25) is 0 Å². The molecule has 0 unspecified atom stereocenters. The lowest BCUT2D eigenvalue weighted by molar-refractivity contribution is 0.798. The van der Waals surface area contributed by atoms with Crippen molar-refractivity contribution in [1.29, 1.82) is 0 Å². The van der Waals surface area contributed by atoms with Crippen molar-refractivity contribution in [2.24, 2.45) is 4.99 Å². The van der Waals surface area contributed by atoms with Crippen LogP contribution in [-0.4, -0.2) is 13.8 Å². The van der Waals surface area contributed by atoms with E-state index in [2.05, 4.69) is 4.99 Å². The third kappa shape index (κ3) is 7.04. The van der Waals surface area contributed by atoms with Crippen molar-refractivity contribution in [3.05, 3.63) is 23.8 Å². The molecule has 0 aliphatic heterocycles. The van der Waals surface area contributed by atoms with E-state index in [1.807, 2.05) is 13.0 Å². The number of hydrogen-bond acceptors (Lipinski definition) is 1. The SMILES string of the molecule is [B]C(=C/N=C(C)F)/C=C/CC. The standard InChI is InChI=1S/C8H11BFN/c1-3-4-5-8(9)6-11-7(2)10/h4-6H,3H2,1-2H3/b5-4+,8-6+,11-7?. The molecule has 0 rings (SSSR count). The Balaban J connectivity index is 4.01. The van der Waals surface area contributed by atoms with Gasteiger partial charge in [-0.2, -0.15) is 4.39 Å². The summed E-state index contributed by atoms with van der Waals surface area (Å²) in [6, 6.07) is 0. The van der Waals surface area contributed by atoms with Gasteiger partial charge in [-0.1, -0.05) is 24.5 Å². The highest BCUT2D eigenvalue weighted by molar-refractivity contribution is 6.23. The summed E-state index contributed by atoms with van der Waals surface area (Å²) in [4.78, 5) is 3.39. The molecule has 0 aromatic rings. The molecule has 0 aliphatic carbocycles. The van der Waals surface area contributed by atoms with Crippen LogP contribution in [0.1, 0.15) is 20.3 Å². The normalized spacial score (nSPS) is 14.5. The van der Waals surface area contributed by atoms with E-state index in [-0.39, 0.29) is 0 Å². The van der Waals surface area contributed by atoms with Crippen LogP contribution in [0.3, 0.4) is 0 Å². The summed E-state index contributed by atoms with van der Waals surface area (Å²) in [6.07, 6.45) is 5.79. The topological polar surface area (TPSA) is 12.4 Å². The molecule has 0 saturated carbocycles. The maximum absolute atomic E-state index is 12.0. The van der Waals surface area contributed by atoms with E-state index in [0.717, 1.165) is 6.42 Å². The summed E-state index contributed by atoms with van der Waals surface area (Å²) < 4.78 is 12.0. The Labute approximate surface area is 68.1 Å². The van der Waals surface area contributed by atoms with E-state index in [9.17, 15) is 4.39 Å². The second-order valence-corrected chi connectivity index (χ2v) is 2.07. The predicted octanol–water partition coefficient (Wildman–Crippen LogP) is 2.35. The van der Waals surface area contributed by atoms with Crippen molar-refractivity contribution in [1.82, 2.24) is 0 Å². The van der Waals surface area contributed by atoms with Crippen LogP contribution >= 0.6 is 0 Å². The number of halogens is 1. The number of hydrogen-bond donors (Lipinski definition) is 0. The Kier molecular flexibility index (Phi) is 5.44. The molecule has 2 radical (unpaired) electrons. The van der Waals surface area contributed by atoms with E-state index in [1.165, 1.54) is 13.1 Å². The summed E-state index contributed by atoms with van der Waals surface area (Å²) in [5.41, 5.74) is 0.462. The van der Waals surface area contributed by atoms with Gasteiger partial charge in [0.15, 0.2) is 5.97 Å². The minimum absolute atomic E-state index is 0.462. The van der Waals surface area contributed by atoms with Crippen molar-refractivity contribution in [2.45, 2.75) is 20.3 Å². The molecule has 0 aliphatic rings. The van der Waals surface area contributed by atoms with Crippen LogP contribution in [0.2, 0.25) is 0 Å². The minimum Gasteiger partial charge on any atom is -0.233 e. The lowest BCUT2D eigenvalue weighted by Crippen LogP contribution is -1.77. The molecule has 0 saturated heterocycles. The third-order valence-corrected chi connectivity index (χ3v) is 0.938. The Morgan fingerprint density at radius 2 is 2.27 bits per heavy atom. The summed E-state index contributed by atoms with van der Waals surface area (Å²) in [7, 11) is 5.41. The second-order valence-electron chi connectivity index (χ2n) is 2.07. The minimum atomic E-state index is -0.488. The first-order valence-electron chi connectivity index (χ1n) is 3.49. The van der Waals surface area contributed by atoms with Gasteiger partial charge in [0, 0.05) is 13.1 Å². The van der Waals surface area contributed by atoms with Crippen molar-refractivity contribution < 1.29 is 4.39 Å². The van der Waals surface area contributed by atoms with Gasteiger partial charge in [-0.25, -0.2) is 4.99 Å². The van der Waals surface area contributed by atoms with Crippen molar-refractivity contribution in [3.63, 3.8) is 0 Å². The van der Waals surface area contributed by atoms with Gasteiger partial charge in [-0.05, 0) is 6.42 Å². The third-order valence-electron chi connectivity index (χ3n) is 0.938. The van der Waals surface area contributed by atoms with Gasteiger partial charge < -0.3 is 0 Å². The van der Waals surface area contributed by atoms with Crippen LogP contribution in [0.4, 0.5) is 4.39 Å². The van der Waals surface area contributed by atoms with Crippen molar-refractivity contribution >= 4 is 13.8 Å². The van der Waals surface area contributed by atoms with Gasteiger partial charge in [-0.15, -0.1) is 0 Å². The zero-order valence-electron chi connectivity index (χ0n) is 6.84. The molecule has 58 valence electrons. The van der Waals surface area contributed by atoms with E-state index < -0.39 is 5.97 Å². The summed E-state index contributed by atoms with van der Waals surface area (Å²) >= 11 is 0. The highest BCUT2D eigenvalue weighted by Gasteiger charge is 1.80. The Morgan fingerprint density at radius 1 is 1.64 bits per heavy atom. The lowest BCUT2D eigenvalue weighted by atomic mass is 9.96. The Hall–Kier alpha value is -0.855. The molecular weight excluding hydrogens is 140 g/mol. The number of rotatable bonds is 3. The average Bonchev–Trinajstić information content (AvgIpc) is 1.97. The maximum Gasteiger partial charge on any atom is 0.185 e. The molecule has 1 nitrogen and oxygen atoms in total. The van der Waals surface area contributed by atoms with E-state index in [4.69, 9.17) is 7.85 Å². The fourth-order valence-electron chi connectivity index (χ4n) is 0.460. The fourth-order valence-corrected chi connectivity index (χ4v) is 0.460. The highest BCUT2D eigenvalue weighted by Crippen LogP contribution is 1.93. The first-order valence-corrected chi connectivity index (χ1v) is 3.49. The van der Waals surface area contributed by atoms with Crippen LogP contribution in [0.5, 0.6) is 0 Å². The smallest absolute Gasteiger partial charge is 0.185 e. The van der Waals surface area contributed by atoms with Crippen LogP contribution < -0.4 is 0 Å². The Bertz CT molecular complexity index is 190. The molecule has 3 heteroatoms. The zero-order valence-corrected chi connectivity index (χ0v) is 6.84. The molecule has 0 N–H and O–H groups in total. The molecule has 0 aromatic heterocycles. The number of aliphatic imine (C=N–C) groups is 1. The molecule has 0 bridgehead atoms. The van der Waals surface area contributed by atoms with Gasteiger partial charge >= 0.3 is 0 Å². The highest BCUT2D eigenvalue weighted by atomic mass is 19.1. The quantitative estimate of drug-likeness (QED) is 0.333. The number of allylic oxidation sites excluding steroid dienone is 3. The predicted molar refractivity (Wildman–Crippen MR) is 47.5 cm³/mol. The first kappa shape index (κ1) is 10.1. The summed E-state index contributed by atoms with van der Waals surface area (Å²) in [5.74, 6) is -0.488. The monoisotopic (exact) mass is 151 g/mol. The molecule has 0 atom stereocenters. The van der Waals surface area contributed by atoms with Gasteiger partial charge in [0.2, 0.25) is 0 Å². The fraction of sp³-hybridized carbons (Fsp3) is 0.375. The summed E-state index contributed by atoms with van der Waals surface area (Å²) in [5, 5.41) is 0. The maximum atomic E-state index is 12.0. The van der Waals surface area contributed by atoms with E-state index in [0.29, 0.717) is 5.47 Å². The van der Waals surface area contributed by atoms with E-state index in [1.54, 1.807) is 6.08 Å². The van der Waals surface area contributed by atoms with Gasteiger partial charge in [0.25, 0.3) is 0 Å². The lowest BCUT2D eigenvalue weighted by Gasteiger charge is -1.87. The van der Waals surface area contributed by atoms with Crippen LogP contribution in [0.15, 0.2) is 28.8 Å². The Morgan fingerprint density at radius 3 is 2.73 bits per heavy atom. The van der Waals surface area contributed by atoms with E-state index >= 15 is 0 Å². The first-order chi connectivity index (χ1) is 5.16. The van der Waals surface area contributed by atoms with Crippen LogP contribution in [0, 0.1) is 0 Å². The molecule has 0 amide bonds. The molecule has 0 fully saturated rings. The molecule has 0 spiro atoms. The van der Waals surface area contributed by atoms with Crippen molar-refractivity contribution in [3.8, 4) is 0 Å². The average molecular weight is 151 g/mol. The largest absolute Gasteiger partial charge is 0.233 e. The number of nitrogens with zero attached hydrogens (tertiary/aromatic N) is 1. The molecule has 11 heavy (non-hydrogen) atoms. The molecular formula is C8H11BFN.